The van der Waals surface area contributed by atoms with Crippen LogP contribution in [0.4, 0.5) is 5.69 Å². The molecular formula is C13H19N3O. The van der Waals surface area contributed by atoms with Gasteiger partial charge in [0.2, 0.25) is 5.91 Å². The van der Waals surface area contributed by atoms with E-state index in [0.717, 1.165) is 18.8 Å². The minimum Gasteiger partial charge on any atom is -0.325 e. The van der Waals surface area contributed by atoms with E-state index in [-0.39, 0.29) is 11.9 Å². The first-order valence-electron chi connectivity index (χ1n) is 6.04. The summed E-state index contributed by atoms with van der Waals surface area (Å²) in [6.07, 6.45) is 0. The van der Waals surface area contributed by atoms with Gasteiger partial charge in [-0.1, -0.05) is 18.2 Å². The molecule has 4 heteroatoms. The van der Waals surface area contributed by atoms with Crippen LogP contribution in [0.2, 0.25) is 0 Å². The minimum atomic E-state index is 0.144. The molecule has 0 spiro atoms. The van der Waals surface area contributed by atoms with Gasteiger partial charge >= 0.3 is 0 Å². The molecular weight excluding hydrogens is 214 g/mol. The molecule has 0 radical (unpaired) electrons. The Morgan fingerprint density at radius 3 is 2.59 bits per heavy atom. The lowest BCUT2D eigenvalue weighted by molar-refractivity contribution is -0.120. The average molecular weight is 233 g/mol. The number of anilines is 1. The van der Waals surface area contributed by atoms with Gasteiger partial charge in [-0.05, 0) is 19.1 Å². The summed E-state index contributed by atoms with van der Waals surface area (Å²) in [5, 5.41) is 0. The third kappa shape index (κ3) is 2.84. The molecule has 0 bridgehead atoms. The number of hydrogen-bond acceptors (Lipinski definition) is 3. The topological polar surface area (TPSA) is 49.6 Å². The second-order valence-corrected chi connectivity index (χ2v) is 4.43. The molecule has 17 heavy (non-hydrogen) atoms. The predicted octanol–water partition coefficient (Wildman–Crippen LogP) is 0.682. The number of benzene rings is 1. The number of hydrogen-bond donors (Lipinski definition) is 1. The third-order valence-electron chi connectivity index (χ3n) is 3.03. The molecule has 2 rings (SSSR count). The molecule has 1 aliphatic rings. The number of nitrogens with zero attached hydrogens (tertiary/aromatic N) is 2. The van der Waals surface area contributed by atoms with Gasteiger partial charge in [0, 0.05) is 31.4 Å². The lowest BCUT2D eigenvalue weighted by atomic mass is 10.1. The smallest absolute Gasteiger partial charge is 0.241 e. The fraction of sp³-hybridized carbons (Fsp3) is 0.462. The second-order valence-electron chi connectivity index (χ2n) is 4.43. The third-order valence-corrected chi connectivity index (χ3v) is 3.03. The molecule has 1 aromatic carbocycles. The summed E-state index contributed by atoms with van der Waals surface area (Å²) in [5.41, 5.74) is 6.66. The SMILES string of the molecule is CCN(C(=O)CN1CC(N)C1)c1ccccc1. The van der Waals surface area contributed by atoms with E-state index in [1.165, 1.54) is 0 Å². The lowest BCUT2D eigenvalue weighted by Gasteiger charge is -2.37. The van der Waals surface area contributed by atoms with Crippen LogP contribution < -0.4 is 10.6 Å². The lowest BCUT2D eigenvalue weighted by Crippen LogP contribution is -2.58. The van der Waals surface area contributed by atoms with Crippen LogP contribution in [0.3, 0.4) is 0 Å². The van der Waals surface area contributed by atoms with Crippen LogP contribution in [-0.2, 0) is 4.79 Å². The maximum Gasteiger partial charge on any atom is 0.241 e. The minimum absolute atomic E-state index is 0.144. The number of likely N-dealkylation sites (N-methyl/N-ethyl adjacent to an activating group) is 1. The molecule has 1 heterocycles. The van der Waals surface area contributed by atoms with Gasteiger partial charge in [0.25, 0.3) is 0 Å². The Bertz CT molecular complexity index is 374. The fourth-order valence-corrected chi connectivity index (χ4v) is 2.13. The standard InChI is InChI=1S/C13H19N3O/c1-2-16(12-6-4-3-5-7-12)13(17)10-15-8-11(14)9-15/h3-7,11H,2,8-10,14H2,1H3. The zero-order chi connectivity index (χ0) is 12.3. The van der Waals surface area contributed by atoms with Crippen LogP contribution >= 0.6 is 0 Å². The first-order valence-corrected chi connectivity index (χ1v) is 6.04. The Labute approximate surface area is 102 Å². The van der Waals surface area contributed by atoms with Crippen molar-refractivity contribution in [1.29, 1.82) is 0 Å². The van der Waals surface area contributed by atoms with E-state index in [4.69, 9.17) is 5.73 Å². The summed E-state index contributed by atoms with van der Waals surface area (Å²) in [6.45, 7) is 4.82. The van der Waals surface area contributed by atoms with Gasteiger partial charge in [0.15, 0.2) is 0 Å². The van der Waals surface area contributed by atoms with Crippen LogP contribution in [-0.4, -0.2) is 43.0 Å². The summed E-state index contributed by atoms with van der Waals surface area (Å²) < 4.78 is 0. The first kappa shape index (κ1) is 12.1. The number of carbonyl (C=O) groups is 1. The number of amides is 1. The van der Waals surface area contributed by atoms with Gasteiger partial charge in [-0.25, -0.2) is 0 Å². The zero-order valence-electron chi connectivity index (χ0n) is 10.2. The van der Waals surface area contributed by atoms with Gasteiger partial charge < -0.3 is 10.6 Å². The molecule has 0 atom stereocenters. The monoisotopic (exact) mass is 233 g/mol. The summed E-state index contributed by atoms with van der Waals surface area (Å²) >= 11 is 0. The Hall–Kier alpha value is -1.39. The molecule has 0 unspecified atom stereocenters. The van der Waals surface area contributed by atoms with Crippen LogP contribution in [0.5, 0.6) is 0 Å². The highest BCUT2D eigenvalue weighted by Crippen LogP contribution is 2.14. The van der Waals surface area contributed by atoms with Gasteiger partial charge in [-0.3, -0.25) is 9.69 Å². The van der Waals surface area contributed by atoms with Crippen molar-refractivity contribution in [3.8, 4) is 0 Å². The molecule has 1 saturated heterocycles. The molecule has 0 aliphatic carbocycles. The highest BCUT2D eigenvalue weighted by molar-refractivity contribution is 5.94. The van der Waals surface area contributed by atoms with E-state index in [0.29, 0.717) is 13.1 Å². The zero-order valence-corrected chi connectivity index (χ0v) is 10.2. The summed E-state index contributed by atoms with van der Waals surface area (Å²) in [5.74, 6) is 0.144. The second kappa shape index (κ2) is 5.29. The number of para-hydroxylation sites is 1. The summed E-state index contributed by atoms with van der Waals surface area (Å²) in [6, 6.07) is 10.0. The van der Waals surface area contributed by atoms with Crippen LogP contribution in [0.1, 0.15) is 6.92 Å². The molecule has 0 saturated carbocycles. The number of carbonyl (C=O) groups excluding carboxylic acids is 1. The molecule has 92 valence electrons. The first-order chi connectivity index (χ1) is 8.20. The largest absolute Gasteiger partial charge is 0.325 e. The maximum atomic E-state index is 12.1. The van der Waals surface area contributed by atoms with Crippen molar-refractivity contribution in [2.24, 2.45) is 5.73 Å². The number of nitrogens with two attached hydrogens (primary N) is 1. The molecule has 0 aromatic heterocycles. The Morgan fingerprint density at radius 1 is 1.41 bits per heavy atom. The van der Waals surface area contributed by atoms with Crippen molar-refractivity contribution >= 4 is 11.6 Å². The molecule has 1 aliphatic heterocycles. The van der Waals surface area contributed by atoms with E-state index in [1.54, 1.807) is 0 Å². The van der Waals surface area contributed by atoms with Crippen molar-refractivity contribution in [2.75, 3.05) is 31.1 Å². The van der Waals surface area contributed by atoms with Crippen LogP contribution in [0.15, 0.2) is 30.3 Å². The van der Waals surface area contributed by atoms with E-state index >= 15 is 0 Å². The van der Waals surface area contributed by atoms with Gasteiger partial charge in [0.05, 0.1) is 6.54 Å². The maximum absolute atomic E-state index is 12.1. The predicted molar refractivity (Wildman–Crippen MR) is 68.9 cm³/mol. The fourth-order valence-electron chi connectivity index (χ4n) is 2.13. The summed E-state index contributed by atoms with van der Waals surface area (Å²) in [7, 11) is 0. The van der Waals surface area contributed by atoms with Crippen LogP contribution in [0.25, 0.3) is 0 Å². The Balaban J connectivity index is 1.96. The quantitative estimate of drug-likeness (QED) is 0.832. The van der Waals surface area contributed by atoms with Gasteiger partial charge in [-0.15, -0.1) is 0 Å². The van der Waals surface area contributed by atoms with E-state index in [1.807, 2.05) is 42.2 Å². The van der Waals surface area contributed by atoms with Crippen molar-refractivity contribution in [3.05, 3.63) is 30.3 Å². The van der Waals surface area contributed by atoms with E-state index in [2.05, 4.69) is 4.90 Å². The molecule has 1 aromatic rings. The Morgan fingerprint density at radius 2 is 2.06 bits per heavy atom. The van der Waals surface area contributed by atoms with Gasteiger partial charge in [0.1, 0.15) is 0 Å². The number of likely N-dealkylation sites (tertiary alicyclic amines) is 1. The summed E-state index contributed by atoms with van der Waals surface area (Å²) in [4.78, 5) is 16.0. The molecule has 1 amide bonds. The molecule has 2 N–H and O–H groups in total. The van der Waals surface area contributed by atoms with Crippen LogP contribution in [0, 0.1) is 0 Å². The van der Waals surface area contributed by atoms with Crippen molar-refractivity contribution in [3.63, 3.8) is 0 Å². The van der Waals surface area contributed by atoms with Crippen molar-refractivity contribution < 1.29 is 4.79 Å². The molecule has 4 nitrogen and oxygen atoms in total. The molecule has 1 fully saturated rings. The van der Waals surface area contributed by atoms with Crippen molar-refractivity contribution in [2.45, 2.75) is 13.0 Å². The highest BCUT2D eigenvalue weighted by Gasteiger charge is 2.26. The Kier molecular flexibility index (Phi) is 3.76. The van der Waals surface area contributed by atoms with Gasteiger partial charge in [-0.2, -0.15) is 0 Å². The number of rotatable bonds is 4. The highest BCUT2D eigenvalue weighted by atomic mass is 16.2. The van der Waals surface area contributed by atoms with E-state index in [9.17, 15) is 4.79 Å². The normalized spacial score (nSPS) is 16.6. The average Bonchev–Trinajstić information content (AvgIpc) is 2.29. The van der Waals surface area contributed by atoms with E-state index < -0.39 is 0 Å². The van der Waals surface area contributed by atoms with Crippen molar-refractivity contribution in [1.82, 2.24) is 4.90 Å².